The largest absolute Gasteiger partial charge is 0.481 e. The Kier molecular flexibility index (Phi) is 6.02. The molecule has 34 heavy (non-hydrogen) atoms. The fourth-order valence-corrected chi connectivity index (χ4v) is 4.98. The van der Waals surface area contributed by atoms with Gasteiger partial charge in [-0.05, 0) is 47.4 Å². The third-order valence-corrected chi connectivity index (χ3v) is 7.27. The SMILES string of the molecule is O=C(CC1(NC(=O)OCC2c3ccccc3-c3ccccc32)CC1)NCC(CC1CC1)C(=O)O. The molecule has 3 N–H and O–H groups in total. The fourth-order valence-electron chi connectivity index (χ4n) is 4.98. The van der Waals surface area contributed by atoms with Crippen molar-refractivity contribution in [1.82, 2.24) is 10.6 Å². The molecule has 0 saturated heterocycles. The lowest BCUT2D eigenvalue weighted by atomic mass is 9.98. The van der Waals surface area contributed by atoms with E-state index in [1.54, 1.807) is 0 Å². The minimum absolute atomic E-state index is 0.0176. The van der Waals surface area contributed by atoms with Crippen LogP contribution in [-0.2, 0) is 14.3 Å². The Balaban J connectivity index is 1.12. The maximum absolute atomic E-state index is 12.6. The van der Waals surface area contributed by atoms with Crippen LogP contribution in [0.2, 0.25) is 0 Å². The number of carboxylic acids is 1. The Labute approximate surface area is 198 Å². The van der Waals surface area contributed by atoms with Crippen LogP contribution in [0.15, 0.2) is 48.5 Å². The van der Waals surface area contributed by atoms with E-state index in [4.69, 9.17) is 4.74 Å². The summed E-state index contributed by atoms with van der Waals surface area (Å²) in [6, 6.07) is 16.3. The number of amides is 2. The van der Waals surface area contributed by atoms with Crippen molar-refractivity contribution in [2.45, 2.75) is 50.0 Å². The predicted molar refractivity (Wildman–Crippen MR) is 126 cm³/mol. The van der Waals surface area contributed by atoms with E-state index in [0.29, 0.717) is 25.2 Å². The quantitative estimate of drug-likeness (QED) is 0.494. The summed E-state index contributed by atoms with van der Waals surface area (Å²) in [5.41, 5.74) is 4.04. The van der Waals surface area contributed by atoms with Crippen molar-refractivity contribution in [2.75, 3.05) is 13.2 Å². The van der Waals surface area contributed by atoms with Crippen molar-refractivity contribution in [1.29, 1.82) is 0 Å². The number of hydrogen-bond donors (Lipinski definition) is 3. The van der Waals surface area contributed by atoms with Crippen molar-refractivity contribution in [3.05, 3.63) is 59.7 Å². The Bertz CT molecular complexity index is 1060. The number of benzene rings is 2. The minimum atomic E-state index is -0.870. The number of carbonyl (C=O) groups excluding carboxylic acids is 2. The van der Waals surface area contributed by atoms with Crippen LogP contribution < -0.4 is 10.6 Å². The Morgan fingerprint density at radius 2 is 1.62 bits per heavy atom. The summed E-state index contributed by atoms with van der Waals surface area (Å²) >= 11 is 0. The molecule has 2 amide bonds. The van der Waals surface area contributed by atoms with E-state index < -0.39 is 23.5 Å². The lowest BCUT2D eigenvalue weighted by Crippen LogP contribution is -2.43. The van der Waals surface area contributed by atoms with E-state index in [1.165, 1.54) is 11.1 Å². The van der Waals surface area contributed by atoms with Gasteiger partial charge in [-0.3, -0.25) is 9.59 Å². The predicted octanol–water partition coefficient (Wildman–Crippen LogP) is 4.06. The number of carbonyl (C=O) groups is 3. The molecule has 7 heteroatoms. The summed E-state index contributed by atoms with van der Waals surface area (Å²) in [5.74, 6) is -1.20. The van der Waals surface area contributed by atoms with Crippen LogP contribution in [0.1, 0.15) is 55.6 Å². The second-order valence-corrected chi connectivity index (χ2v) is 9.93. The van der Waals surface area contributed by atoms with E-state index >= 15 is 0 Å². The van der Waals surface area contributed by atoms with Crippen LogP contribution in [0, 0.1) is 11.8 Å². The molecule has 2 aromatic carbocycles. The standard InChI is InChI=1S/C27H30N2O5/c30-24(28-15-18(25(31)32)13-17-9-10-17)14-27(11-12-27)29-26(33)34-16-23-21-7-3-1-5-19(21)20-6-2-4-8-22(20)23/h1-8,17-18,23H,9-16H2,(H,28,30)(H,29,33)(H,31,32). The van der Waals surface area contributed by atoms with Crippen LogP contribution in [0.5, 0.6) is 0 Å². The first kappa shape index (κ1) is 22.4. The fraction of sp³-hybridized carbons (Fsp3) is 0.444. The maximum atomic E-state index is 12.6. The van der Waals surface area contributed by atoms with E-state index in [-0.39, 0.29) is 31.4 Å². The summed E-state index contributed by atoms with van der Waals surface area (Å²) in [5, 5.41) is 15.0. The van der Waals surface area contributed by atoms with E-state index in [1.807, 2.05) is 24.3 Å². The Hall–Kier alpha value is -3.35. The van der Waals surface area contributed by atoms with Gasteiger partial charge in [0.25, 0.3) is 0 Å². The van der Waals surface area contributed by atoms with E-state index in [2.05, 4.69) is 34.9 Å². The van der Waals surface area contributed by atoms with Crippen molar-refractivity contribution in [3.8, 4) is 11.1 Å². The van der Waals surface area contributed by atoms with Gasteiger partial charge >= 0.3 is 12.1 Å². The molecule has 0 spiro atoms. The summed E-state index contributed by atoms with van der Waals surface area (Å²) in [4.78, 5) is 36.5. The van der Waals surface area contributed by atoms with Crippen molar-refractivity contribution < 1.29 is 24.2 Å². The van der Waals surface area contributed by atoms with Gasteiger partial charge < -0.3 is 20.5 Å². The summed E-state index contributed by atoms with van der Waals surface area (Å²) < 4.78 is 5.62. The monoisotopic (exact) mass is 462 g/mol. The summed E-state index contributed by atoms with van der Waals surface area (Å²) in [7, 11) is 0. The molecule has 2 fully saturated rings. The number of nitrogens with one attached hydrogen (secondary N) is 2. The topological polar surface area (TPSA) is 105 Å². The molecular formula is C27H30N2O5. The van der Waals surface area contributed by atoms with Gasteiger partial charge in [-0.1, -0.05) is 61.4 Å². The molecule has 3 aliphatic carbocycles. The molecule has 178 valence electrons. The third kappa shape index (κ3) is 4.93. The van der Waals surface area contributed by atoms with Gasteiger partial charge in [0.2, 0.25) is 5.91 Å². The molecular weight excluding hydrogens is 432 g/mol. The molecule has 3 aliphatic rings. The highest BCUT2D eigenvalue weighted by Crippen LogP contribution is 2.44. The van der Waals surface area contributed by atoms with Crippen LogP contribution in [0.4, 0.5) is 4.79 Å². The third-order valence-electron chi connectivity index (χ3n) is 7.27. The van der Waals surface area contributed by atoms with Gasteiger partial charge in [0.1, 0.15) is 6.61 Å². The van der Waals surface area contributed by atoms with E-state index in [0.717, 1.165) is 24.0 Å². The van der Waals surface area contributed by atoms with Crippen molar-refractivity contribution in [3.63, 3.8) is 0 Å². The first-order chi connectivity index (χ1) is 16.4. The average Bonchev–Trinajstić information content (AvgIpc) is 3.75. The lowest BCUT2D eigenvalue weighted by molar-refractivity contribution is -0.142. The van der Waals surface area contributed by atoms with Gasteiger partial charge in [-0.25, -0.2) is 4.79 Å². The van der Waals surface area contributed by atoms with Gasteiger partial charge in [0, 0.05) is 18.9 Å². The molecule has 0 radical (unpaired) electrons. The van der Waals surface area contributed by atoms with Gasteiger partial charge in [-0.15, -0.1) is 0 Å². The smallest absolute Gasteiger partial charge is 0.407 e. The minimum Gasteiger partial charge on any atom is -0.481 e. The molecule has 2 aromatic rings. The van der Waals surface area contributed by atoms with Crippen LogP contribution in [-0.4, -0.2) is 41.8 Å². The van der Waals surface area contributed by atoms with Gasteiger partial charge in [0.05, 0.1) is 11.5 Å². The molecule has 0 aromatic heterocycles. The van der Waals surface area contributed by atoms with Crippen LogP contribution >= 0.6 is 0 Å². The highest BCUT2D eigenvalue weighted by Gasteiger charge is 2.46. The molecule has 2 saturated carbocycles. The summed E-state index contributed by atoms with van der Waals surface area (Å²) in [6.45, 7) is 0.356. The number of aliphatic carboxylic acids is 1. The number of alkyl carbamates (subject to hydrolysis) is 1. The number of hydrogen-bond acceptors (Lipinski definition) is 4. The molecule has 0 bridgehead atoms. The van der Waals surface area contributed by atoms with Gasteiger partial charge in [-0.2, -0.15) is 0 Å². The first-order valence-electron chi connectivity index (χ1n) is 12.1. The van der Waals surface area contributed by atoms with Crippen LogP contribution in [0.25, 0.3) is 11.1 Å². The summed E-state index contributed by atoms with van der Waals surface area (Å²) in [6.07, 6.45) is 3.77. The number of rotatable bonds is 10. The Morgan fingerprint density at radius 3 is 2.18 bits per heavy atom. The van der Waals surface area contributed by atoms with Crippen LogP contribution in [0.3, 0.4) is 0 Å². The second kappa shape index (κ2) is 9.12. The number of ether oxygens (including phenoxy) is 1. The highest BCUT2D eigenvalue weighted by atomic mass is 16.5. The Morgan fingerprint density at radius 1 is 1.00 bits per heavy atom. The van der Waals surface area contributed by atoms with Crippen molar-refractivity contribution >= 4 is 18.0 Å². The first-order valence-corrected chi connectivity index (χ1v) is 12.1. The normalized spacial score (nSPS) is 18.4. The number of fused-ring (bicyclic) bond motifs is 3. The molecule has 0 aliphatic heterocycles. The van der Waals surface area contributed by atoms with E-state index in [9.17, 15) is 19.5 Å². The van der Waals surface area contributed by atoms with Gasteiger partial charge in [0.15, 0.2) is 0 Å². The zero-order valence-electron chi connectivity index (χ0n) is 19.1. The molecule has 0 heterocycles. The zero-order chi connectivity index (χ0) is 23.7. The second-order valence-electron chi connectivity index (χ2n) is 9.93. The highest BCUT2D eigenvalue weighted by molar-refractivity contribution is 5.81. The average molecular weight is 463 g/mol. The molecule has 5 rings (SSSR count). The molecule has 1 unspecified atom stereocenters. The van der Waals surface area contributed by atoms with Crippen molar-refractivity contribution in [2.24, 2.45) is 11.8 Å². The molecule has 1 atom stereocenters. The maximum Gasteiger partial charge on any atom is 0.407 e. The lowest BCUT2D eigenvalue weighted by Gasteiger charge is -2.20. The zero-order valence-corrected chi connectivity index (χ0v) is 19.1. The number of carboxylic acid groups (broad SMARTS) is 1. The molecule has 7 nitrogen and oxygen atoms in total.